The lowest BCUT2D eigenvalue weighted by Gasteiger charge is -2.24. The minimum atomic E-state index is -0.574. The predicted molar refractivity (Wildman–Crippen MR) is 91.9 cm³/mol. The van der Waals surface area contributed by atoms with E-state index in [2.05, 4.69) is 25.7 Å². The quantitative estimate of drug-likeness (QED) is 0.803. The predicted octanol–water partition coefficient (Wildman–Crippen LogP) is 1.41. The van der Waals surface area contributed by atoms with Crippen LogP contribution in [0.5, 0.6) is 0 Å². The summed E-state index contributed by atoms with van der Waals surface area (Å²) in [6, 6.07) is 1.79. The largest absolute Gasteiger partial charge is 0.365 e. The van der Waals surface area contributed by atoms with Gasteiger partial charge in [0, 0.05) is 32.4 Å². The van der Waals surface area contributed by atoms with Gasteiger partial charge in [0.25, 0.3) is 0 Å². The van der Waals surface area contributed by atoms with Crippen LogP contribution in [-0.4, -0.2) is 49.7 Å². The van der Waals surface area contributed by atoms with Crippen LogP contribution in [0.1, 0.15) is 19.3 Å². The van der Waals surface area contributed by atoms with Crippen molar-refractivity contribution in [2.24, 2.45) is 7.05 Å². The summed E-state index contributed by atoms with van der Waals surface area (Å²) in [5, 5.41) is 18.6. The van der Waals surface area contributed by atoms with Gasteiger partial charge in [0.05, 0.1) is 24.2 Å². The number of nitrogens with zero attached hydrogens (tertiary/aromatic N) is 6. The Kier molecular flexibility index (Phi) is 5.26. The molecule has 9 nitrogen and oxygen atoms in total. The van der Waals surface area contributed by atoms with E-state index < -0.39 is 5.82 Å². The summed E-state index contributed by atoms with van der Waals surface area (Å²) in [4.78, 5) is 21.7. The number of hydrogen-bond acceptors (Lipinski definition) is 7. The van der Waals surface area contributed by atoms with E-state index in [1.807, 2.05) is 6.07 Å². The summed E-state index contributed by atoms with van der Waals surface area (Å²) in [5.41, 5.74) is 0.689. The van der Waals surface area contributed by atoms with Crippen molar-refractivity contribution in [1.82, 2.24) is 24.6 Å². The number of anilines is 3. The van der Waals surface area contributed by atoms with E-state index in [1.165, 1.54) is 0 Å². The minimum absolute atomic E-state index is 0.0611. The van der Waals surface area contributed by atoms with E-state index in [1.54, 1.807) is 29.0 Å². The van der Waals surface area contributed by atoms with E-state index in [9.17, 15) is 9.18 Å². The molecule has 2 N–H and O–H groups in total. The van der Waals surface area contributed by atoms with Crippen molar-refractivity contribution >= 4 is 23.4 Å². The third-order valence-corrected chi connectivity index (χ3v) is 4.14. The molecule has 1 amide bonds. The van der Waals surface area contributed by atoms with Crippen LogP contribution in [0.3, 0.4) is 0 Å². The summed E-state index contributed by atoms with van der Waals surface area (Å²) in [6.07, 6.45) is 5.97. The zero-order valence-electron chi connectivity index (χ0n) is 14.3. The summed E-state index contributed by atoms with van der Waals surface area (Å²) in [6.45, 7) is 0.977. The third kappa shape index (κ3) is 4.05. The van der Waals surface area contributed by atoms with Gasteiger partial charge < -0.3 is 15.5 Å². The van der Waals surface area contributed by atoms with Crippen molar-refractivity contribution < 1.29 is 9.18 Å². The van der Waals surface area contributed by atoms with Crippen LogP contribution >= 0.6 is 0 Å². The van der Waals surface area contributed by atoms with Crippen LogP contribution < -0.4 is 10.6 Å². The Bertz CT molecular complexity index is 830. The number of aromatic nitrogens is 4. The number of amides is 1. The zero-order valence-corrected chi connectivity index (χ0v) is 14.3. The highest BCUT2D eigenvalue weighted by Crippen LogP contribution is 2.20. The van der Waals surface area contributed by atoms with Gasteiger partial charge in [-0.1, -0.05) is 0 Å². The first-order chi connectivity index (χ1) is 12.6. The normalized spacial score (nSPS) is 16.3. The highest BCUT2D eigenvalue weighted by Gasteiger charge is 2.28. The Balaban J connectivity index is 1.65. The van der Waals surface area contributed by atoms with Crippen molar-refractivity contribution in [3.8, 4) is 6.07 Å². The van der Waals surface area contributed by atoms with Gasteiger partial charge in [-0.2, -0.15) is 15.3 Å². The lowest BCUT2D eigenvalue weighted by molar-refractivity contribution is -0.130. The third-order valence-electron chi connectivity index (χ3n) is 4.14. The maximum absolute atomic E-state index is 14.0. The van der Waals surface area contributed by atoms with Crippen LogP contribution in [-0.2, 0) is 11.8 Å². The molecule has 1 fully saturated rings. The minimum Gasteiger partial charge on any atom is -0.365 e. The zero-order chi connectivity index (χ0) is 18.5. The molecule has 2 aromatic heterocycles. The van der Waals surface area contributed by atoms with Crippen LogP contribution in [0.2, 0.25) is 0 Å². The molecule has 1 aliphatic heterocycles. The van der Waals surface area contributed by atoms with Crippen molar-refractivity contribution in [2.45, 2.75) is 25.3 Å². The average molecular weight is 358 g/mol. The second-order valence-corrected chi connectivity index (χ2v) is 6.02. The molecule has 3 heterocycles. The van der Waals surface area contributed by atoms with Gasteiger partial charge in [-0.15, -0.1) is 0 Å². The van der Waals surface area contributed by atoms with E-state index in [0.717, 1.165) is 19.0 Å². The molecule has 0 spiro atoms. The number of carbonyl (C=O) groups is 1. The number of halogens is 1. The number of likely N-dealkylation sites (tertiary alicyclic amines) is 1. The fourth-order valence-corrected chi connectivity index (χ4v) is 2.93. The number of hydrogen-bond donors (Lipinski definition) is 2. The highest BCUT2D eigenvalue weighted by atomic mass is 19.1. The SMILES string of the molecule is Cn1cc(Nc2ncc(F)c(NC[C@H]3CCCN3C(=O)CC#N)n2)cn1. The van der Waals surface area contributed by atoms with Crippen molar-refractivity contribution in [1.29, 1.82) is 5.26 Å². The fourth-order valence-electron chi connectivity index (χ4n) is 2.93. The number of nitriles is 1. The van der Waals surface area contributed by atoms with Gasteiger partial charge in [-0.05, 0) is 12.8 Å². The maximum Gasteiger partial charge on any atom is 0.237 e. The van der Waals surface area contributed by atoms with Gasteiger partial charge in [0.2, 0.25) is 11.9 Å². The first-order valence-electron chi connectivity index (χ1n) is 8.25. The van der Waals surface area contributed by atoms with Crippen LogP contribution in [0.4, 0.5) is 21.8 Å². The molecule has 0 radical (unpaired) electrons. The Labute approximate surface area is 149 Å². The molecule has 3 rings (SSSR count). The van der Waals surface area contributed by atoms with Gasteiger partial charge in [0.1, 0.15) is 6.42 Å². The molecular formula is C16H19FN8O. The monoisotopic (exact) mass is 358 g/mol. The molecule has 10 heteroatoms. The molecule has 0 aliphatic carbocycles. The topological polar surface area (TPSA) is 112 Å². The molecule has 0 bridgehead atoms. The van der Waals surface area contributed by atoms with Gasteiger partial charge in [-0.25, -0.2) is 9.37 Å². The molecule has 26 heavy (non-hydrogen) atoms. The molecule has 1 atom stereocenters. The average Bonchev–Trinajstić information content (AvgIpc) is 3.24. The number of rotatable bonds is 6. The van der Waals surface area contributed by atoms with Crippen LogP contribution in [0.15, 0.2) is 18.6 Å². The Morgan fingerprint density at radius 2 is 2.35 bits per heavy atom. The lowest BCUT2D eigenvalue weighted by atomic mass is 10.2. The molecule has 1 aliphatic rings. The van der Waals surface area contributed by atoms with Gasteiger partial charge in [0.15, 0.2) is 11.6 Å². The smallest absolute Gasteiger partial charge is 0.237 e. The number of aryl methyl sites for hydroxylation is 1. The number of nitrogens with one attached hydrogen (secondary N) is 2. The molecule has 0 unspecified atom stereocenters. The number of carbonyl (C=O) groups excluding carboxylic acids is 1. The van der Waals surface area contributed by atoms with E-state index >= 15 is 0 Å². The molecule has 1 saturated heterocycles. The summed E-state index contributed by atoms with van der Waals surface area (Å²) in [7, 11) is 1.78. The van der Waals surface area contributed by atoms with E-state index in [4.69, 9.17) is 5.26 Å². The van der Waals surface area contributed by atoms with E-state index in [-0.39, 0.29) is 30.1 Å². The summed E-state index contributed by atoms with van der Waals surface area (Å²) in [5.74, 6) is -0.467. The van der Waals surface area contributed by atoms with Crippen molar-refractivity contribution in [3.63, 3.8) is 0 Å². The first kappa shape index (κ1) is 17.6. The first-order valence-corrected chi connectivity index (χ1v) is 8.25. The Morgan fingerprint density at radius 3 is 3.08 bits per heavy atom. The van der Waals surface area contributed by atoms with Gasteiger partial charge >= 0.3 is 0 Å². The Morgan fingerprint density at radius 1 is 1.50 bits per heavy atom. The summed E-state index contributed by atoms with van der Waals surface area (Å²) >= 11 is 0. The molecular weight excluding hydrogens is 339 g/mol. The highest BCUT2D eigenvalue weighted by molar-refractivity contribution is 5.78. The Hall–Kier alpha value is -3.22. The van der Waals surface area contributed by atoms with Crippen molar-refractivity contribution in [3.05, 3.63) is 24.4 Å². The molecule has 2 aromatic rings. The van der Waals surface area contributed by atoms with Crippen LogP contribution in [0, 0.1) is 17.1 Å². The van der Waals surface area contributed by atoms with E-state index in [0.29, 0.717) is 18.8 Å². The van der Waals surface area contributed by atoms with Gasteiger partial charge in [-0.3, -0.25) is 9.48 Å². The van der Waals surface area contributed by atoms with Crippen LogP contribution in [0.25, 0.3) is 0 Å². The molecule has 0 aromatic carbocycles. The van der Waals surface area contributed by atoms with Crippen molar-refractivity contribution in [2.75, 3.05) is 23.7 Å². The fraction of sp³-hybridized carbons (Fsp3) is 0.438. The molecule has 136 valence electrons. The second kappa shape index (κ2) is 7.77. The summed E-state index contributed by atoms with van der Waals surface area (Å²) < 4.78 is 15.6. The lowest BCUT2D eigenvalue weighted by Crippen LogP contribution is -2.39. The molecule has 0 saturated carbocycles. The second-order valence-electron chi connectivity index (χ2n) is 6.02. The standard InChI is InChI=1S/C16H19FN8O/c1-24-10-11(7-21-24)22-16-20-9-13(17)15(23-16)19-8-12-3-2-6-25(12)14(26)4-5-18/h7,9-10,12H,2-4,6,8H2,1H3,(H2,19,20,22,23)/t12-/m1/s1. The maximum atomic E-state index is 14.0.